The molecule has 0 aliphatic heterocycles. The Bertz CT molecular complexity index is 588. The second-order valence-electron chi connectivity index (χ2n) is 5.21. The van der Waals surface area contributed by atoms with Crippen LogP contribution >= 0.6 is 22.6 Å². The van der Waals surface area contributed by atoms with Crippen LogP contribution in [-0.2, 0) is 0 Å². The molecule has 1 unspecified atom stereocenters. The molecule has 2 rings (SSSR count). The van der Waals surface area contributed by atoms with Gasteiger partial charge in [-0.2, -0.15) is 0 Å². The normalized spacial score (nSPS) is 12.4. The van der Waals surface area contributed by atoms with Crippen molar-refractivity contribution >= 4 is 22.6 Å². The van der Waals surface area contributed by atoms with Crippen LogP contribution < -0.4 is 4.74 Å². The van der Waals surface area contributed by atoms with Gasteiger partial charge in [0.1, 0.15) is 4.11 Å². The first-order chi connectivity index (χ1) is 10.6. The first kappa shape index (κ1) is 17.1. The van der Waals surface area contributed by atoms with Gasteiger partial charge in [0.15, 0.2) is 11.6 Å². The van der Waals surface area contributed by atoms with Crippen molar-refractivity contribution in [3.8, 4) is 17.1 Å². The Hall–Kier alpha value is -1.25. The quantitative estimate of drug-likeness (QED) is 0.430. The van der Waals surface area contributed by atoms with E-state index in [0.717, 1.165) is 24.1 Å². The van der Waals surface area contributed by atoms with Gasteiger partial charge in [0.05, 0.1) is 19.0 Å². The molecule has 0 aliphatic rings. The molecule has 0 saturated carbocycles. The molecule has 0 aliphatic carbocycles. The lowest BCUT2D eigenvalue weighted by Gasteiger charge is -2.10. The van der Waals surface area contributed by atoms with Gasteiger partial charge < -0.3 is 14.7 Å². The number of aliphatic hydroxyl groups excluding tert-OH is 1. The molecular weight excluding hydrogens is 393 g/mol. The van der Waals surface area contributed by atoms with Crippen LogP contribution in [0.4, 0.5) is 0 Å². The number of hydrogen-bond acceptors (Lipinski definition) is 5. The van der Waals surface area contributed by atoms with E-state index in [1.165, 1.54) is 0 Å². The first-order valence-electron chi connectivity index (χ1n) is 7.08. The summed E-state index contributed by atoms with van der Waals surface area (Å²) in [4.78, 5) is 10.8. The van der Waals surface area contributed by atoms with Crippen molar-refractivity contribution in [2.24, 2.45) is 0 Å². The molecule has 1 N–H and O–H groups in total. The van der Waals surface area contributed by atoms with E-state index in [1.54, 1.807) is 12.4 Å². The van der Waals surface area contributed by atoms with Crippen LogP contribution in [-0.4, -0.2) is 47.2 Å². The van der Waals surface area contributed by atoms with E-state index in [2.05, 4.69) is 14.9 Å². The minimum atomic E-state index is -0.531. The Morgan fingerprint density at radius 1 is 1.27 bits per heavy atom. The average Bonchev–Trinajstić information content (AvgIpc) is 2.52. The summed E-state index contributed by atoms with van der Waals surface area (Å²) >= 11 is 1.96. The van der Waals surface area contributed by atoms with Crippen molar-refractivity contribution in [3.63, 3.8) is 0 Å². The zero-order valence-electron chi connectivity index (χ0n) is 12.7. The van der Waals surface area contributed by atoms with E-state index < -0.39 is 4.11 Å². The fraction of sp³-hybridized carbons (Fsp3) is 0.375. The van der Waals surface area contributed by atoms with Crippen molar-refractivity contribution in [1.82, 2.24) is 14.9 Å². The SMILES string of the molecule is CN(C)CCCOc1cnc(-c2cccc(C(O)I)c2)nc1. The second-order valence-corrected chi connectivity index (χ2v) is 6.39. The number of halogens is 1. The van der Waals surface area contributed by atoms with Crippen LogP contribution in [0.3, 0.4) is 0 Å². The van der Waals surface area contributed by atoms with Crippen molar-refractivity contribution in [3.05, 3.63) is 42.2 Å². The van der Waals surface area contributed by atoms with Crippen LogP contribution in [0.5, 0.6) is 5.75 Å². The summed E-state index contributed by atoms with van der Waals surface area (Å²) in [7, 11) is 4.08. The average molecular weight is 413 g/mol. The largest absolute Gasteiger partial charge is 0.490 e. The molecule has 118 valence electrons. The second kappa shape index (κ2) is 8.40. The fourth-order valence-electron chi connectivity index (χ4n) is 1.94. The maximum atomic E-state index is 9.62. The molecule has 22 heavy (non-hydrogen) atoms. The minimum Gasteiger partial charge on any atom is -0.490 e. The lowest BCUT2D eigenvalue weighted by molar-refractivity contribution is 0.280. The molecular formula is C16H20IN3O2. The fourth-order valence-corrected chi connectivity index (χ4v) is 2.32. The highest BCUT2D eigenvalue weighted by atomic mass is 127. The molecule has 1 heterocycles. The molecule has 1 aromatic heterocycles. The summed E-state index contributed by atoms with van der Waals surface area (Å²) in [6.45, 7) is 1.64. The molecule has 1 aromatic carbocycles. The number of aliphatic hydroxyl groups is 1. The summed E-state index contributed by atoms with van der Waals surface area (Å²) in [5.41, 5.74) is 1.72. The molecule has 0 amide bonds. The Balaban J connectivity index is 1.98. The number of aromatic nitrogens is 2. The minimum absolute atomic E-state index is 0.531. The van der Waals surface area contributed by atoms with Crippen LogP contribution in [0.2, 0.25) is 0 Å². The van der Waals surface area contributed by atoms with Crippen molar-refractivity contribution in [2.75, 3.05) is 27.2 Å². The van der Waals surface area contributed by atoms with E-state index in [0.29, 0.717) is 18.2 Å². The van der Waals surface area contributed by atoms with Crippen molar-refractivity contribution in [2.45, 2.75) is 10.5 Å². The van der Waals surface area contributed by atoms with E-state index >= 15 is 0 Å². The molecule has 0 spiro atoms. The number of rotatable bonds is 7. The first-order valence-corrected chi connectivity index (χ1v) is 8.33. The van der Waals surface area contributed by atoms with Gasteiger partial charge in [0, 0.05) is 12.1 Å². The molecule has 2 aromatic rings. The Labute approximate surface area is 144 Å². The third-order valence-electron chi connectivity index (χ3n) is 3.07. The summed E-state index contributed by atoms with van der Waals surface area (Å²) in [5, 5.41) is 9.62. The maximum Gasteiger partial charge on any atom is 0.159 e. The van der Waals surface area contributed by atoms with Gasteiger partial charge in [0.25, 0.3) is 0 Å². The van der Waals surface area contributed by atoms with Crippen molar-refractivity contribution < 1.29 is 9.84 Å². The Morgan fingerprint density at radius 2 is 2.00 bits per heavy atom. The zero-order chi connectivity index (χ0) is 15.9. The number of hydrogen-bond donors (Lipinski definition) is 1. The van der Waals surface area contributed by atoms with E-state index in [4.69, 9.17) is 4.74 Å². The predicted molar refractivity (Wildman–Crippen MR) is 95.1 cm³/mol. The van der Waals surface area contributed by atoms with Gasteiger partial charge >= 0.3 is 0 Å². The standard InChI is InChI=1S/C16H20IN3O2/c1-20(2)7-4-8-22-14-10-18-16(19-11-14)13-6-3-5-12(9-13)15(17)21/h3,5-6,9-11,15,21H,4,7-8H2,1-2H3. The third kappa shape index (κ3) is 5.19. The number of ether oxygens (including phenoxy) is 1. The van der Waals surface area contributed by atoms with Crippen LogP contribution in [0.15, 0.2) is 36.7 Å². The van der Waals surface area contributed by atoms with Gasteiger partial charge in [0.2, 0.25) is 0 Å². The molecule has 0 saturated heterocycles. The van der Waals surface area contributed by atoms with Crippen LogP contribution in [0, 0.1) is 0 Å². The highest BCUT2D eigenvalue weighted by molar-refractivity contribution is 14.1. The van der Waals surface area contributed by atoms with Crippen molar-refractivity contribution in [1.29, 1.82) is 0 Å². The molecule has 5 nitrogen and oxygen atoms in total. The van der Waals surface area contributed by atoms with Gasteiger partial charge in [-0.15, -0.1) is 0 Å². The lowest BCUT2D eigenvalue weighted by Crippen LogP contribution is -2.15. The van der Waals surface area contributed by atoms with E-state index in [1.807, 2.05) is 61.0 Å². The Kier molecular flexibility index (Phi) is 6.53. The highest BCUT2D eigenvalue weighted by Crippen LogP contribution is 2.24. The monoisotopic (exact) mass is 413 g/mol. The molecule has 0 bridgehead atoms. The van der Waals surface area contributed by atoms with Gasteiger partial charge in [-0.3, -0.25) is 0 Å². The van der Waals surface area contributed by atoms with Crippen LogP contribution in [0.25, 0.3) is 11.4 Å². The maximum absolute atomic E-state index is 9.62. The summed E-state index contributed by atoms with van der Waals surface area (Å²) in [6, 6.07) is 7.59. The summed E-state index contributed by atoms with van der Waals surface area (Å²) < 4.78 is 5.09. The summed E-state index contributed by atoms with van der Waals surface area (Å²) in [6.07, 6.45) is 4.33. The van der Waals surface area contributed by atoms with E-state index in [9.17, 15) is 5.11 Å². The number of benzene rings is 1. The Morgan fingerprint density at radius 3 is 2.64 bits per heavy atom. The van der Waals surface area contributed by atoms with Gasteiger partial charge in [-0.1, -0.05) is 18.2 Å². The van der Waals surface area contributed by atoms with Gasteiger partial charge in [-0.25, -0.2) is 9.97 Å². The van der Waals surface area contributed by atoms with E-state index in [-0.39, 0.29) is 0 Å². The lowest BCUT2D eigenvalue weighted by atomic mass is 10.1. The smallest absolute Gasteiger partial charge is 0.159 e. The molecule has 0 fully saturated rings. The number of alkyl halides is 1. The topological polar surface area (TPSA) is 58.5 Å². The zero-order valence-corrected chi connectivity index (χ0v) is 14.9. The number of nitrogens with zero attached hydrogens (tertiary/aromatic N) is 3. The predicted octanol–water partition coefficient (Wildman–Crippen LogP) is 2.90. The summed E-state index contributed by atoms with van der Waals surface area (Å²) in [5.74, 6) is 1.30. The van der Waals surface area contributed by atoms with Crippen LogP contribution in [0.1, 0.15) is 16.1 Å². The third-order valence-corrected chi connectivity index (χ3v) is 3.79. The molecule has 1 atom stereocenters. The molecule has 6 heteroatoms. The molecule has 0 radical (unpaired) electrons. The highest BCUT2D eigenvalue weighted by Gasteiger charge is 2.06. The van der Waals surface area contributed by atoms with Gasteiger partial charge in [-0.05, 0) is 54.7 Å².